The molecule has 1 aliphatic heterocycles. The minimum absolute atomic E-state index is 0.237. The molecule has 5 rings (SSSR count). The molecule has 2 unspecified atom stereocenters. The number of carbonyl (C=O) groups excluding carboxylic acids is 2. The lowest BCUT2D eigenvalue weighted by molar-refractivity contribution is -0.137. The van der Waals surface area contributed by atoms with Crippen molar-refractivity contribution in [3.8, 4) is 5.75 Å². The number of benzene rings is 3. The Morgan fingerprint density at radius 3 is 2.31 bits per heavy atom. The Kier molecular flexibility index (Phi) is 6.07. The Hall–Kier alpha value is -3.64. The molecule has 180 valence electrons. The van der Waals surface area contributed by atoms with E-state index in [1.807, 2.05) is 78.9 Å². The summed E-state index contributed by atoms with van der Waals surface area (Å²) >= 11 is 0. The zero-order valence-electron chi connectivity index (χ0n) is 19.9. The molecule has 1 aliphatic carbocycles. The largest absolute Gasteiger partial charge is 0.497 e. The van der Waals surface area contributed by atoms with Crippen molar-refractivity contribution < 1.29 is 14.3 Å². The first-order valence-electron chi connectivity index (χ1n) is 12.2. The fourth-order valence-electron chi connectivity index (χ4n) is 5.92. The van der Waals surface area contributed by atoms with Crippen LogP contribution >= 0.6 is 0 Å². The van der Waals surface area contributed by atoms with Crippen LogP contribution in [-0.2, 0) is 15.1 Å². The fourth-order valence-corrected chi connectivity index (χ4v) is 5.92. The molecule has 6 heteroatoms. The summed E-state index contributed by atoms with van der Waals surface area (Å²) in [4.78, 5) is 26.9. The topological polar surface area (TPSA) is 93.4 Å². The number of rotatable bonds is 5. The molecule has 1 fully saturated rings. The molecule has 3 aromatic rings. The van der Waals surface area contributed by atoms with Crippen LogP contribution < -0.4 is 21.1 Å². The highest BCUT2D eigenvalue weighted by molar-refractivity contribution is 6.01. The number of methoxy groups -OCH3 is 1. The number of ether oxygens (including phenoxy) is 1. The smallest absolute Gasteiger partial charge is 0.242 e. The Morgan fingerprint density at radius 2 is 1.60 bits per heavy atom. The first kappa shape index (κ1) is 23.1. The van der Waals surface area contributed by atoms with E-state index in [0.717, 1.165) is 36.0 Å². The van der Waals surface area contributed by atoms with Crippen LogP contribution in [0.1, 0.15) is 48.8 Å². The van der Waals surface area contributed by atoms with Gasteiger partial charge in [-0.3, -0.25) is 14.9 Å². The van der Waals surface area contributed by atoms with Crippen LogP contribution in [-0.4, -0.2) is 25.0 Å². The number of carbonyl (C=O) groups is 2. The number of nitrogens with two attached hydrogens (primary N) is 1. The predicted molar refractivity (Wildman–Crippen MR) is 136 cm³/mol. The van der Waals surface area contributed by atoms with E-state index in [1.54, 1.807) is 7.11 Å². The highest BCUT2D eigenvalue weighted by Crippen LogP contribution is 2.47. The lowest BCUT2D eigenvalue weighted by atomic mass is 9.66. The van der Waals surface area contributed by atoms with E-state index in [4.69, 9.17) is 10.5 Å². The summed E-state index contributed by atoms with van der Waals surface area (Å²) in [6, 6.07) is 24.9. The summed E-state index contributed by atoms with van der Waals surface area (Å²) in [7, 11) is 1.64. The second-order valence-electron chi connectivity index (χ2n) is 9.54. The van der Waals surface area contributed by atoms with Crippen LogP contribution in [0.2, 0.25) is 0 Å². The SMILES string of the molecule is COc1cccc(C2(c3ccccc3)NC(C3(C(N)=O)CCCCC3)C(=O)Nc3ccccc32)c1. The number of anilines is 1. The van der Waals surface area contributed by atoms with Crippen LogP contribution in [0.15, 0.2) is 78.9 Å². The molecule has 4 N–H and O–H groups in total. The van der Waals surface area contributed by atoms with Crippen LogP contribution in [0.4, 0.5) is 5.69 Å². The zero-order valence-corrected chi connectivity index (χ0v) is 19.9. The molecule has 0 aromatic heterocycles. The second-order valence-corrected chi connectivity index (χ2v) is 9.54. The number of primary amides is 1. The van der Waals surface area contributed by atoms with Crippen LogP contribution in [0.3, 0.4) is 0 Å². The standard InChI is InChI=1S/C29H31N3O3/c1-35-22-14-10-13-21(19-22)29(20-11-4-2-5-12-20)23-15-6-7-16-24(23)31-26(33)25(32-29)28(27(30)34)17-8-3-9-18-28/h2,4-7,10-16,19,25,32H,3,8-9,17-18H2,1H3,(H2,30,34)(H,31,33). The monoisotopic (exact) mass is 469 g/mol. The van der Waals surface area contributed by atoms with E-state index in [0.29, 0.717) is 24.3 Å². The third-order valence-corrected chi connectivity index (χ3v) is 7.71. The van der Waals surface area contributed by atoms with Gasteiger partial charge in [-0.25, -0.2) is 0 Å². The van der Waals surface area contributed by atoms with Gasteiger partial charge in [0.25, 0.3) is 0 Å². The molecule has 0 spiro atoms. The minimum atomic E-state index is -0.983. The summed E-state index contributed by atoms with van der Waals surface area (Å²) in [5.41, 5.74) is 7.63. The van der Waals surface area contributed by atoms with E-state index in [9.17, 15) is 9.59 Å². The summed E-state index contributed by atoms with van der Waals surface area (Å²) < 4.78 is 5.58. The molecule has 1 heterocycles. The maximum atomic E-state index is 13.9. The van der Waals surface area contributed by atoms with E-state index in [1.165, 1.54) is 0 Å². The average Bonchev–Trinajstić information content (AvgIpc) is 3.04. The van der Waals surface area contributed by atoms with Gasteiger partial charge in [0.2, 0.25) is 11.8 Å². The number of amides is 2. The van der Waals surface area contributed by atoms with Crippen LogP contribution in [0.25, 0.3) is 0 Å². The summed E-state index contributed by atoms with van der Waals surface area (Å²) in [5.74, 6) is 0.0433. The number of para-hydroxylation sites is 1. The molecule has 0 radical (unpaired) electrons. The van der Waals surface area contributed by atoms with Gasteiger partial charge in [-0.2, -0.15) is 0 Å². The summed E-state index contributed by atoms with van der Waals surface area (Å²) in [5, 5.41) is 6.87. The molecule has 1 saturated carbocycles. The second kappa shape index (κ2) is 9.19. The predicted octanol–water partition coefficient (Wildman–Crippen LogP) is 4.33. The number of hydrogen-bond acceptors (Lipinski definition) is 4. The quantitative estimate of drug-likeness (QED) is 0.518. The fraction of sp³-hybridized carbons (Fsp3) is 0.310. The maximum Gasteiger partial charge on any atom is 0.242 e. The van der Waals surface area contributed by atoms with Crippen molar-refractivity contribution in [2.24, 2.45) is 11.1 Å². The Bertz CT molecular complexity index is 1240. The van der Waals surface area contributed by atoms with E-state index in [2.05, 4.69) is 10.6 Å². The number of nitrogens with one attached hydrogen (secondary N) is 2. The van der Waals surface area contributed by atoms with Gasteiger partial charge >= 0.3 is 0 Å². The first-order chi connectivity index (χ1) is 17.0. The number of fused-ring (bicyclic) bond motifs is 1. The van der Waals surface area contributed by atoms with Gasteiger partial charge in [0.05, 0.1) is 18.1 Å². The minimum Gasteiger partial charge on any atom is -0.497 e. The Morgan fingerprint density at radius 1 is 0.914 bits per heavy atom. The molecule has 2 atom stereocenters. The summed E-state index contributed by atoms with van der Waals surface area (Å²) in [6.45, 7) is 0. The van der Waals surface area contributed by atoms with Gasteiger partial charge in [-0.1, -0.05) is 79.9 Å². The molecule has 2 amide bonds. The third kappa shape index (κ3) is 3.78. The number of hydrogen-bond donors (Lipinski definition) is 3. The average molecular weight is 470 g/mol. The Balaban J connectivity index is 1.82. The van der Waals surface area contributed by atoms with Crippen molar-refractivity contribution in [1.82, 2.24) is 5.32 Å². The van der Waals surface area contributed by atoms with Crippen molar-refractivity contribution in [3.05, 3.63) is 95.6 Å². The lowest BCUT2D eigenvalue weighted by Crippen LogP contribution is -2.62. The van der Waals surface area contributed by atoms with Gasteiger partial charge < -0.3 is 15.8 Å². The highest BCUT2D eigenvalue weighted by atomic mass is 16.5. The van der Waals surface area contributed by atoms with Crippen LogP contribution in [0.5, 0.6) is 5.75 Å². The normalized spacial score (nSPS) is 23.5. The van der Waals surface area contributed by atoms with Gasteiger partial charge in [0, 0.05) is 11.3 Å². The van der Waals surface area contributed by atoms with Crippen molar-refractivity contribution in [2.75, 3.05) is 12.4 Å². The van der Waals surface area contributed by atoms with Crippen molar-refractivity contribution in [2.45, 2.75) is 43.7 Å². The van der Waals surface area contributed by atoms with Gasteiger partial charge in [-0.15, -0.1) is 0 Å². The summed E-state index contributed by atoms with van der Waals surface area (Å²) in [6.07, 6.45) is 3.90. The molecular weight excluding hydrogens is 438 g/mol. The van der Waals surface area contributed by atoms with Crippen molar-refractivity contribution in [1.29, 1.82) is 0 Å². The molecule has 0 bridgehead atoms. The van der Waals surface area contributed by atoms with E-state index < -0.39 is 22.9 Å². The van der Waals surface area contributed by atoms with Gasteiger partial charge in [0.1, 0.15) is 11.8 Å². The molecule has 3 aromatic carbocycles. The highest BCUT2D eigenvalue weighted by Gasteiger charge is 2.54. The zero-order chi connectivity index (χ0) is 24.5. The van der Waals surface area contributed by atoms with E-state index in [-0.39, 0.29) is 5.91 Å². The van der Waals surface area contributed by atoms with Crippen molar-refractivity contribution in [3.63, 3.8) is 0 Å². The van der Waals surface area contributed by atoms with Gasteiger partial charge in [0.15, 0.2) is 0 Å². The first-order valence-corrected chi connectivity index (χ1v) is 12.2. The molecular formula is C29H31N3O3. The molecule has 2 aliphatic rings. The molecule has 0 saturated heterocycles. The van der Waals surface area contributed by atoms with E-state index >= 15 is 0 Å². The third-order valence-electron chi connectivity index (χ3n) is 7.71. The van der Waals surface area contributed by atoms with Gasteiger partial charge in [-0.05, 0) is 42.2 Å². The maximum absolute atomic E-state index is 13.9. The van der Waals surface area contributed by atoms with Crippen molar-refractivity contribution >= 4 is 17.5 Å². The Labute approximate surface area is 205 Å². The lowest BCUT2D eigenvalue weighted by Gasteiger charge is -2.45. The van der Waals surface area contributed by atoms with Crippen LogP contribution in [0, 0.1) is 5.41 Å². The molecule has 35 heavy (non-hydrogen) atoms. The molecule has 6 nitrogen and oxygen atoms in total.